The fourth-order valence-electron chi connectivity index (χ4n) is 1.70. The number of rotatable bonds is 2. The van der Waals surface area contributed by atoms with Crippen LogP contribution in [0.5, 0.6) is 0 Å². The average Bonchev–Trinajstić information content (AvgIpc) is 2.34. The van der Waals surface area contributed by atoms with Crippen LogP contribution in [0.2, 0.25) is 0 Å². The van der Waals surface area contributed by atoms with Crippen LogP contribution >= 0.6 is 28.1 Å². The summed E-state index contributed by atoms with van der Waals surface area (Å²) in [5.41, 5.74) is 1.02. The van der Waals surface area contributed by atoms with Gasteiger partial charge < -0.3 is 10.6 Å². The highest BCUT2D eigenvalue weighted by atomic mass is 79.9. The Morgan fingerprint density at radius 3 is 2.59 bits per heavy atom. The van der Waals surface area contributed by atoms with Crippen LogP contribution in [0.3, 0.4) is 0 Å². The second-order valence-electron chi connectivity index (χ2n) is 3.62. The third-order valence-electron chi connectivity index (χ3n) is 2.46. The predicted molar refractivity (Wildman–Crippen MR) is 81.5 cm³/mol. The molecular weight excluding hydrogens is 296 g/mol. The maximum atomic E-state index is 5.20. The van der Waals surface area contributed by atoms with Gasteiger partial charge in [-0.05, 0) is 36.7 Å². The van der Waals surface area contributed by atoms with Crippen molar-refractivity contribution in [3.8, 4) is 0 Å². The summed E-state index contributed by atoms with van der Waals surface area (Å²) in [6.07, 6.45) is 0. The first kappa shape index (κ1) is 12.3. The molecule has 88 valence electrons. The van der Waals surface area contributed by atoms with Crippen LogP contribution in [0.15, 0.2) is 40.9 Å². The molecule has 0 aliphatic rings. The highest BCUT2D eigenvalue weighted by Crippen LogP contribution is 2.29. The maximum absolute atomic E-state index is 5.20. The molecule has 0 unspecified atom stereocenters. The topological polar surface area (TPSA) is 24.1 Å². The van der Waals surface area contributed by atoms with E-state index in [9.17, 15) is 0 Å². The molecule has 0 aliphatic carbocycles. The van der Waals surface area contributed by atoms with Crippen LogP contribution in [0.1, 0.15) is 6.92 Å². The first-order chi connectivity index (χ1) is 8.22. The molecule has 0 saturated carbocycles. The standard InChI is InChI=1S/C13H13BrN2S/c1-2-15-13(17)16-12-8-7-11(14)9-5-3-4-6-10(9)12/h3-8H,2H2,1H3,(H2,15,16,17). The van der Waals surface area contributed by atoms with Crippen LogP contribution in [0, 0.1) is 0 Å². The van der Waals surface area contributed by atoms with Crippen LogP contribution in [0.25, 0.3) is 10.8 Å². The maximum Gasteiger partial charge on any atom is 0.170 e. The summed E-state index contributed by atoms with van der Waals surface area (Å²) < 4.78 is 1.09. The van der Waals surface area contributed by atoms with Gasteiger partial charge in [0.15, 0.2) is 5.11 Å². The van der Waals surface area contributed by atoms with Gasteiger partial charge in [-0.15, -0.1) is 0 Å². The smallest absolute Gasteiger partial charge is 0.170 e. The Morgan fingerprint density at radius 1 is 1.18 bits per heavy atom. The SMILES string of the molecule is CCNC(=S)Nc1ccc(Br)c2ccccc12. The fourth-order valence-corrected chi connectivity index (χ4v) is 2.43. The van der Waals surface area contributed by atoms with Crippen molar-refractivity contribution in [2.75, 3.05) is 11.9 Å². The summed E-state index contributed by atoms with van der Waals surface area (Å²) >= 11 is 8.75. The summed E-state index contributed by atoms with van der Waals surface area (Å²) in [4.78, 5) is 0. The predicted octanol–water partition coefficient (Wildman–Crippen LogP) is 3.91. The molecule has 0 saturated heterocycles. The van der Waals surface area contributed by atoms with E-state index < -0.39 is 0 Å². The zero-order valence-electron chi connectivity index (χ0n) is 9.46. The van der Waals surface area contributed by atoms with Gasteiger partial charge in [-0.2, -0.15) is 0 Å². The summed E-state index contributed by atoms with van der Waals surface area (Å²) in [6.45, 7) is 2.84. The molecule has 0 radical (unpaired) electrons. The molecular formula is C13H13BrN2S. The van der Waals surface area contributed by atoms with Gasteiger partial charge in [0.2, 0.25) is 0 Å². The van der Waals surface area contributed by atoms with Gasteiger partial charge in [-0.3, -0.25) is 0 Å². The van der Waals surface area contributed by atoms with Crippen molar-refractivity contribution in [1.29, 1.82) is 0 Å². The lowest BCUT2D eigenvalue weighted by Crippen LogP contribution is -2.27. The van der Waals surface area contributed by atoms with Gasteiger partial charge in [-0.1, -0.05) is 40.2 Å². The lowest BCUT2D eigenvalue weighted by molar-refractivity contribution is 0.980. The molecule has 2 rings (SSSR count). The summed E-state index contributed by atoms with van der Waals surface area (Å²) in [5, 5.41) is 9.28. The van der Waals surface area contributed by atoms with E-state index in [0.29, 0.717) is 5.11 Å². The van der Waals surface area contributed by atoms with E-state index in [1.54, 1.807) is 0 Å². The summed E-state index contributed by atoms with van der Waals surface area (Å²) in [7, 11) is 0. The first-order valence-corrected chi connectivity index (χ1v) is 6.64. The van der Waals surface area contributed by atoms with E-state index in [1.807, 2.05) is 31.2 Å². The minimum absolute atomic E-state index is 0.653. The largest absolute Gasteiger partial charge is 0.363 e. The molecule has 2 aromatic carbocycles. The Morgan fingerprint density at radius 2 is 1.88 bits per heavy atom. The fraction of sp³-hybridized carbons (Fsp3) is 0.154. The first-order valence-electron chi connectivity index (χ1n) is 5.44. The number of benzene rings is 2. The molecule has 0 spiro atoms. The molecule has 4 heteroatoms. The summed E-state index contributed by atoms with van der Waals surface area (Å²) in [5.74, 6) is 0. The Hall–Kier alpha value is -1.13. The monoisotopic (exact) mass is 308 g/mol. The van der Waals surface area contributed by atoms with Crippen LogP contribution in [-0.4, -0.2) is 11.7 Å². The highest BCUT2D eigenvalue weighted by molar-refractivity contribution is 9.10. The average molecular weight is 309 g/mol. The van der Waals surface area contributed by atoms with Crippen LogP contribution in [-0.2, 0) is 0 Å². The van der Waals surface area contributed by atoms with Crippen molar-refractivity contribution in [2.24, 2.45) is 0 Å². The second kappa shape index (κ2) is 5.47. The second-order valence-corrected chi connectivity index (χ2v) is 4.89. The quantitative estimate of drug-likeness (QED) is 0.823. The van der Waals surface area contributed by atoms with Gasteiger partial charge >= 0.3 is 0 Å². The Bertz CT molecular complexity index is 554. The van der Waals surface area contributed by atoms with Gasteiger partial charge in [0, 0.05) is 22.1 Å². The van der Waals surface area contributed by atoms with E-state index in [2.05, 4.69) is 38.7 Å². The zero-order chi connectivity index (χ0) is 12.3. The number of hydrogen-bond donors (Lipinski definition) is 2. The lowest BCUT2D eigenvalue weighted by Gasteiger charge is -2.12. The minimum atomic E-state index is 0.653. The van der Waals surface area contributed by atoms with E-state index in [-0.39, 0.29) is 0 Å². The van der Waals surface area contributed by atoms with Gasteiger partial charge in [0.05, 0.1) is 0 Å². The molecule has 0 bridgehead atoms. The van der Waals surface area contributed by atoms with E-state index >= 15 is 0 Å². The van der Waals surface area contributed by atoms with E-state index in [0.717, 1.165) is 22.1 Å². The molecule has 0 amide bonds. The van der Waals surface area contributed by atoms with Gasteiger partial charge in [0.25, 0.3) is 0 Å². The number of hydrogen-bond acceptors (Lipinski definition) is 1. The van der Waals surface area contributed by atoms with Crippen molar-refractivity contribution in [2.45, 2.75) is 6.92 Å². The lowest BCUT2D eigenvalue weighted by atomic mass is 10.1. The number of thiocarbonyl (C=S) groups is 1. The highest BCUT2D eigenvalue weighted by Gasteiger charge is 2.04. The van der Waals surface area contributed by atoms with Crippen molar-refractivity contribution in [3.05, 3.63) is 40.9 Å². The molecule has 2 nitrogen and oxygen atoms in total. The third kappa shape index (κ3) is 2.76. The van der Waals surface area contributed by atoms with E-state index in [1.165, 1.54) is 5.39 Å². The van der Waals surface area contributed by atoms with Gasteiger partial charge in [-0.25, -0.2) is 0 Å². The third-order valence-corrected chi connectivity index (χ3v) is 3.39. The number of anilines is 1. The molecule has 0 heterocycles. The van der Waals surface area contributed by atoms with Crippen molar-refractivity contribution in [3.63, 3.8) is 0 Å². The van der Waals surface area contributed by atoms with Crippen molar-refractivity contribution >= 4 is 49.7 Å². The van der Waals surface area contributed by atoms with Gasteiger partial charge in [0.1, 0.15) is 0 Å². The molecule has 0 atom stereocenters. The summed E-state index contributed by atoms with van der Waals surface area (Å²) in [6, 6.07) is 12.3. The molecule has 2 aromatic rings. The zero-order valence-corrected chi connectivity index (χ0v) is 11.9. The molecule has 17 heavy (non-hydrogen) atoms. The van der Waals surface area contributed by atoms with Crippen molar-refractivity contribution in [1.82, 2.24) is 5.32 Å². The van der Waals surface area contributed by atoms with E-state index in [4.69, 9.17) is 12.2 Å². The Balaban J connectivity index is 2.41. The number of halogens is 1. The van der Waals surface area contributed by atoms with Crippen LogP contribution < -0.4 is 10.6 Å². The van der Waals surface area contributed by atoms with Crippen LogP contribution in [0.4, 0.5) is 5.69 Å². The Kier molecular flexibility index (Phi) is 3.97. The van der Waals surface area contributed by atoms with Crippen molar-refractivity contribution < 1.29 is 0 Å². The molecule has 0 aliphatic heterocycles. The molecule has 2 N–H and O–H groups in total. The molecule has 0 aromatic heterocycles. The number of nitrogens with one attached hydrogen (secondary N) is 2. The minimum Gasteiger partial charge on any atom is -0.363 e. The molecule has 0 fully saturated rings. The number of fused-ring (bicyclic) bond motifs is 1. The normalized spacial score (nSPS) is 10.2. The Labute approximate surface area is 115 Å².